The van der Waals surface area contributed by atoms with Crippen LogP contribution in [0.5, 0.6) is 0 Å². The minimum atomic E-state index is 0.0366. The first-order valence-corrected chi connectivity index (χ1v) is 6.93. The van der Waals surface area contributed by atoms with E-state index < -0.39 is 0 Å². The van der Waals surface area contributed by atoms with Gasteiger partial charge in [0, 0.05) is 52.1 Å². The topological polar surface area (TPSA) is 33.5 Å². The van der Waals surface area contributed by atoms with Crippen molar-refractivity contribution in [1.82, 2.24) is 19.6 Å². The molecule has 0 aromatic carbocycles. The minimum Gasteiger partial charge on any atom is -0.377 e. The van der Waals surface area contributed by atoms with Crippen LogP contribution in [0, 0.1) is 0 Å². The van der Waals surface area contributed by atoms with Crippen molar-refractivity contribution in [2.75, 3.05) is 40.8 Å². The van der Waals surface area contributed by atoms with Crippen molar-refractivity contribution in [3.05, 3.63) is 18.0 Å². The van der Waals surface area contributed by atoms with Crippen LogP contribution in [0.4, 0.5) is 0 Å². The molecule has 0 atom stereocenters. The molecule has 0 N–H and O–H groups in total. The van der Waals surface area contributed by atoms with Crippen molar-refractivity contribution < 1.29 is 4.74 Å². The fourth-order valence-corrected chi connectivity index (χ4v) is 2.93. The summed E-state index contributed by atoms with van der Waals surface area (Å²) in [5.41, 5.74) is 1.33. The summed E-state index contributed by atoms with van der Waals surface area (Å²) in [5.74, 6) is 0. The van der Waals surface area contributed by atoms with Gasteiger partial charge in [-0.15, -0.1) is 0 Å². The summed E-state index contributed by atoms with van der Waals surface area (Å²) in [7, 11) is 8.04. The van der Waals surface area contributed by atoms with Crippen molar-refractivity contribution in [3.63, 3.8) is 0 Å². The number of piperidine rings is 1. The Hall–Kier alpha value is -0.910. The number of hydrogen-bond acceptors (Lipinski definition) is 4. The summed E-state index contributed by atoms with van der Waals surface area (Å²) in [4.78, 5) is 4.71. The molecule has 1 saturated heterocycles. The number of likely N-dealkylation sites (tertiary alicyclic amines) is 1. The summed E-state index contributed by atoms with van der Waals surface area (Å²) in [5, 5.41) is 4.22. The highest BCUT2D eigenvalue weighted by molar-refractivity contribution is 5.04. The molecule has 0 amide bonds. The van der Waals surface area contributed by atoms with Gasteiger partial charge in [0.15, 0.2) is 0 Å². The van der Waals surface area contributed by atoms with E-state index >= 15 is 0 Å². The van der Waals surface area contributed by atoms with Gasteiger partial charge < -0.3 is 9.64 Å². The highest BCUT2D eigenvalue weighted by atomic mass is 16.5. The molecule has 0 unspecified atom stereocenters. The molecule has 2 heterocycles. The first-order valence-electron chi connectivity index (χ1n) is 6.93. The van der Waals surface area contributed by atoms with Gasteiger partial charge in [-0.2, -0.15) is 5.10 Å². The maximum Gasteiger partial charge on any atom is 0.0829 e. The van der Waals surface area contributed by atoms with Crippen LogP contribution in [-0.4, -0.2) is 66.0 Å². The van der Waals surface area contributed by atoms with Crippen LogP contribution in [0.1, 0.15) is 18.4 Å². The SMILES string of the molecule is COC1(CN(C)C)CCN(Cc2cnn(C)c2)CC1. The summed E-state index contributed by atoms with van der Waals surface area (Å²) in [6.45, 7) is 4.19. The first kappa shape index (κ1) is 14.5. The molecule has 0 spiro atoms. The van der Waals surface area contributed by atoms with E-state index in [1.807, 2.05) is 25.0 Å². The third-order valence-electron chi connectivity index (χ3n) is 3.97. The summed E-state index contributed by atoms with van der Waals surface area (Å²) < 4.78 is 7.67. The van der Waals surface area contributed by atoms with Gasteiger partial charge in [0.1, 0.15) is 0 Å². The molecular formula is C14H26N4O. The average molecular weight is 266 g/mol. The molecule has 1 aromatic rings. The lowest BCUT2D eigenvalue weighted by Gasteiger charge is -2.42. The number of aryl methyl sites for hydroxylation is 1. The van der Waals surface area contributed by atoms with Gasteiger partial charge in [0.05, 0.1) is 11.8 Å². The maximum atomic E-state index is 5.81. The molecule has 1 aliphatic rings. The van der Waals surface area contributed by atoms with Crippen LogP contribution in [0.15, 0.2) is 12.4 Å². The van der Waals surface area contributed by atoms with Gasteiger partial charge >= 0.3 is 0 Å². The van der Waals surface area contributed by atoms with Crippen molar-refractivity contribution in [2.24, 2.45) is 7.05 Å². The molecule has 2 rings (SSSR count). The number of nitrogens with zero attached hydrogens (tertiary/aromatic N) is 4. The van der Waals surface area contributed by atoms with Crippen molar-refractivity contribution in [2.45, 2.75) is 25.0 Å². The van der Waals surface area contributed by atoms with Crippen molar-refractivity contribution in [3.8, 4) is 0 Å². The van der Waals surface area contributed by atoms with Gasteiger partial charge in [0.25, 0.3) is 0 Å². The summed E-state index contributed by atoms with van der Waals surface area (Å²) in [6, 6.07) is 0. The van der Waals surface area contributed by atoms with E-state index in [2.05, 4.69) is 35.2 Å². The highest BCUT2D eigenvalue weighted by Crippen LogP contribution is 2.27. The lowest BCUT2D eigenvalue weighted by molar-refractivity contribution is -0.0712. The monoisotopic (exact) mass is 266 g/mol. The van der Waals surface area contributed by atoms with Crippen molar-refractivity contribution >= 4 is 0 Å². The van der Waals surface area contributed by atoms with E-state index in [0.717, 1.165) is 39.0 Å². The molecule has 1 fully saturated rings. The second-order valence-corrected chi connectivity index (χ2v) is 5.92. The van der Waals surface area contributed by atoms with Gasteiger partial charge in [-0.05, 0) is 26.9 Å². The number of hydrogen-bond donors (Lipinski definition) is 0. The molecule has 5 nitrogen and oxygen atoms in total. The van der Waals surface area contributed by atoms with E-state index in [4.69, 9.17) is 4.74 Å². The molecule has 1 aromatic heterocycles. The number of ether oxygens (including phenoxy) is 1. The standard InChI is InChI=1S/C14H26N4O/c1-16(2)12-14(19-4)5-7-18(8-6-14)11-13-9-15-17(3)10-13/h9-10H,5-8,11-12H2,1-4H3. The molecular weight excluding hydrogens is 240 g/mol. The molecule has 0 saturated carbocycles. The minimum absolute atomic E-state index is 0.0366. The molecule has 19 heavy (non-hydrogen) atoms. The zero-order valence-electron chi connectivity index (χ0n) is 12.6. The largest absolute Gasteiger partial charge is 0.377 e. The summed E-state index contributed by atoms with van der Waals surface area (Å²) >= 11 is 0. The normalized spacial score (nSPS) is 20.1. The van der Waals surface area contributed by atoms with Crippen LogP contribution in [-0.2, 0) is 18.3 Å². The average Bonchev–Trinajstić information content (AvgIpc) is 2.77. The van der Waals surface area contributed by atoms with Crippen LogP contribution >= 0.6 is 0 Å². The lowest BCUT2D eigenvalue weighted by atomic mass is 9.90. The molecule has 0 bridgehead atoms. The van der Waals surface area contributed by atoms with E-state index in [1.165, 1.54) is 5.56 Å². The first-order chi connectivity index (χ1) is 9.03. The fraction of sp³-hybridized carbons (Fsp3) is 0.786. The lowest BCUT2D eigenvalue weighted by Crippen LogP contribution is -2.50. The Morgan fingerprint density at radius 1 is 1.37 bits per heavy atom. The zero-order chi connectivity index (χ0) is 13.9. The predicted molar refractivity (Wildman–Crippen MR) is 76.0 cm³/mol. The second kappa shape index (κ2) is 6.03. The van der Waals surface area contributed by atoms with E-state index in [-0.39, 0.29) is 5.60 Å². The Labute approximate surface area is 116 Å². The van der Waals surface area contributed by atoms with Crippen LogP contribution < -0.4 is 0 Å². The van der Waals surface area contributed by atoms with E-state index in [0.29, 0.717) is 0 Å². The third-order valence-corrected chi connectivity index (χ3v) is 3.97. The Bertz CT molecular complexity index is 394. The Morgan fingerprint density at radius 3 is 2.53 bits per heavy atom. The Kier molecular flexibility index (Phi) is 4.60. The zero-order valence-corrected chi connectivity index (χ0v) is 12.6. The third kappa shape index (κ3) is 3.78. The van der Waals surface area contributed by atoms with E-state index in [9.17, 15) is 0 Å². The Morgan fingerprint density at radius 2 is 2.05 bits per heavy atom. The number of methoxy groups -OCH3 is 1. The Balaban J connectivity index is 1.87. The highest BCUT2D eigenvalue weighted by Gasteiger charge is 2.34. The predicted octanol–water partition coefficient (Wildman–Crippen LogP) is 0.963. The van der Waals surface area contributed by atoms with Crippen LogP contribution in [0.3, 0.4) is 0 Å². The van der Waals surface area contributed by atoms with Crippen LogP contribution in [0.25, 0.3) is 0 Å². The second-order valence-electron chi connectivity index (χ2n) is 5.92. The molecule has 0 radical (unpaired) electrons. The van der Waals surface area contributed by atoms with E-state index in [1.54, 1.807) is 0 Å². The number of likely N-dealkylation sites (N-methyl/N-ethyl adjacent to an activating group) is 1. The van der Waals surface area contributed by atoms with Gasteiger partial charge in [0.2, 0.25) is 0 Å². The quantitative estimate of drug-likeness (QED) is 0.795. The number of rotatable bonds is 5. The van der Waals surface area contributed by atoms with Gasteiger partial charge in [-0.3, -0.25) is 9.58 Å². The summed E-state index contributed by atoms with van der Waals surface area (Å²) in [6.07, 6.45) is 6.25. The number of aromatic nitrogens is 2. The molecule has 1 aliphatic heterocycles. The molecule has 108 valence electrons. The maximum absolute atomic E-state index is 5.81. The van der Waals surface area contributed by atoms with Crippen molar-refractivity contribution in [1.29, 1.82) is 0 Å². The van der Waals surface area contributed by atoms with Gasteiger partial charge in [-0.25, -0.2) is 0 Å². The molecule has 0 aliphatic carbocycles. The molecule has 5 heteroatoms. The fourth-order valence-electron chi connectivity index (χ4n) is 2.93. The van der Waals surface area contributed by atoms with Crippen LogP contribution in [0.2, 0.25) is 0 Å². The van der Waals surface area contributed by atoms with Gasteiger partial charge in [-0.1, -0.05) is 0 Å². The smallest absolute Gasteiger partial charge is 0.0829 e.